The van der Waals surface area contributed by atoms with Crippen molar-refractivity contribution in [2.24, 2.45) is 4.99 Å². The fourth-order valence-electron chi connectivity index (χ4n) is 3.35. The summed E-state index contributed by atoms with van der Waals surface area (Å²) in [5.74, 6) is 1.40. The second kappa shape index (κ2) is 9.86. The minimum Gasteiger partial charge on any atom is -0.439 e. The molecule has 0 radical (unpaired) electrons. The van der Waals surface area contributed by atoms with E-state index in [9.17, 15) is 10.1 Å². The first-order chi connectivity index (χ1) is 16.1. The molecule has 1 saturated carbocycles. The van der Waals surface area contributed by atoms with Gasteiger partial charge in [0.2, 0.25) is 5.88 Å². The van der Waals surface area contributed by atoms with E-state index in [0.29, 0.717) is 39.5 Å². The van der Waals surface area contributed by atoms with E-state index >= 15 is 0 Å². The summed E-state index contributed by atoms with van der Waals surface area (Å²) in [6, 6.07) is 20.3. The molecule has 1 fully saturated rings. The number of anilines is 1. The van der Waals surface area contributed by atoms with E-state index in [-0.39, 0.29) is 5.91 Å². The van der Waals surface area contributed by atoms with Crippen LogP contribution in [0.3, 0.4) is 0 Å². The lowest BCUT2D eigenvalue weighted by atomic mass is 9.96. The minimum absolute atomic E-state index is 0.243. The minimum atomic E-state index is -0.432. The van der Waals surface area contributed by atoms with Gasteiger partial charge in [0.15, 0.2) is 0 Å². The highest BCUT2D eigenvalue weighted by atomic mass is 32.2. The van der Waals surface area contributed by atoms with Crippen LogP contribution in [0.2, 0.25) is 0 Å². The number of nitrogens with one attached hydrogen (secondary N) is 2. The van der Waals surface area contributed by atoms with Crippen LogP contribution in [0.25, 0.3) is 0 Å². The summed E-state index contributed by atoms with van der Waals surface area (Å²) in [4.78, 5) is 21.3. The first kappa shape index (κ1) is 22.5. The highest BCUT2D eigenvalue weighted by Crippen LogP contribution is 2.47. The van der Waals surface area contributed by atoms with E-state index in [0.717, 1.165) is 18.4 Å². The molecule has 33 heavy (non-hydrogen) atoms. The van der Waals surface area contributed by atoms with Crippen LogP contribution < -0.4 is 15.4 Å². The summed E-state index contributed by atoms with van der Waals surface area (Å²) in [5, 5.41) is 16.1. The van der Waals surface area contributed by atoms with Gasteiger partial charge < -0.3 is 15.4 Å². The smallest absolute Gasteiger partial charge is 0.255 e. The Kier molecular flexibility index (Phi) is 6.73. The van der Waals surface area contributed by atoms with Crippen molar-refractivity contribution in [1.82, 2.24) is 10.3 Å². The number of aromatic nitrogens is 1. The monoisotopic (exact) mass is 457 g/mol. The Hall–Kier alpha value is -3.67. The molecule has 0 bridgehead atoms. The van der Waals surface area contributed by atoms with E-state index in [1.807, 2.05) is 19.2 Å². The van der Waals surface area contributed by atoms with Gasteiger partial charge in [-0.3, -0.25) is 9.79 Å². The quantitative estimate of drug-likeness (QED) is 0.258. The van der Waals surface area contributed by atoms with Crippen LogP contribution in [0.5, 0.6) is 11.6 Å². The van der Waals surface area contributed by atoms with Crippen molar-refractivity contribution in [2.75, 3.05) is 18.2 Å². The van der Waals surface area contributed by atoms with Gasteiger partial charge in [-0.05, 0) is 62.5 Å². The normalized spacial score (nSPS) is 13.6. The van der Waals surface area contributed by atoms with Crippen molar-refractivity contribution >= 4 is 35.8 Å². The molecule has 0 spiro atoms. The van der Waals surface area contributed by atoms with E-state index < -0.39 is 5.41 Å². The van der Waals surface area contributed by atoms with Gasteiger partial charge in [0.1, 0.15) is 10.8 Å². The Labute approximate surface area is 196 Å². The van der Waals surface area contributed by atoms with Crippen molar-refractivity contribution < 1.29 is 9.53 Å². The maximum atomic E-state index is 12.8. The molecule has 8 heteroatoms. The molecule has 4 rings (SSSR count). The molecular weight excluding hydrogens is 434 g/mol. The molecule has 1 aliphatic rings. The molecule has 3 aromatic rings. The lowest BCUT2D eigenvalue weighted by Gasteiger charge is -2.11. The molecule has 7 nitrogen and oxygen atoms in total. The number of aliphatic imine (C=N–C) groups is 1. The Morgan fingerprint density at radius 3 is 2.79 bits per heavy atom. The van der Waals surface area contributed by atoms with Crippen LogP contribution in [0.15, 0.2) is 70.7 Å². The zero-order valence-electron chi connectivity index (χ0n) is 18.2. The molecule has 0 aliphatic heterocycles. The third-order valence-electron chi connectivity index (χ3n) is 5.29. The molecule has 1 heterocycles. The van der Waals surface area contributed by atoms with Gasteiger partial charge in [-0.2, -0.15) is 5.26 Å². The van der Waals surface area contributed by atoms with Crippen molar-refractivity contribution in [3.8, 4) is 17.7 Å². The van der Waals surface area contributed by atoms with Gasteiger partial charge in [0.25, 0.3) is 5.91 Å². The SMILES string of the molecule is C=Nc1ccc(Oc2cccc(NC(=O)c3cccc(C4(C#N)CC4)c3)c2)nc1SCNC. The fraction of sp³-hybridized carbons (Fsp3) is 0.200. The first-order valence-electron chi connectivity index (χ1n) is 10.4. The Bertz CT molecular complexity index is 1230. The zero-order valence-corrected chi connectivity index (χ0v) is 19.0. The van der Waals surface area contributed by atoms with Crippen molar-refractivity contribution in [1.29, 1.82) is 5.26 Å². The maximum Gasteiger partial charge on any atom is 0.255 e. The Balaban J connectivity index is 1.48. The van der Waals surface area contributed by atoms with Crippen LogP contribution in [0, 0.1) is 11.3 Å². The van der Waals surface area contributed by atoms with Gasteiger partial charge in [0, 0.05) is 29.3 Å². The predicted octanol–water partition coefficient (Wildman–Crippen LogP) is 5.28. The summed E-state index contributed by atoms with van der Waals surface area (Å²) >= 11 is 1.50. The summed E-state index contributed by atoms with van der Waals surface area (Å²) < 4.78 is 5.92. The van der Waals surface area contributed by atoms with Gasteiger partial charge in [0.05, 0.1) is 17.2 Å². The van der Waals surface area contributed by atoms with Crippen molar-refractivity contribution in [3.63, 3.8) is 0 Å². The zero-order chi connectivity index (χ0) is 23.3. The lowest BCUT2D eigenvalue weighted by molar-refractivity contribution is 0.102. The van der Waals surface area contributed by atoms with Crippen LogP contribution in [0.4, 0.5) is 11.4 Å². The molecule has 2 aromatic carbocycles. The molecule has 1 aliphatic carbocycles. The number of rotatable bonds is 9. The number of nitrogens with zero attached hydrogens (tertiary/aromatic N) is 3. The second-order valence-corrected chi connectivity index (χ2v) is 8.60. The van der Waals surface area contributed by atoms with Gasteiger partial charge >= 0.3 is 0 Å². The van der Waals surface area contributed by atoms with Crippen LogP contribution >= 0.6 is 11.8 Å². The van der Waals surface area contributed by atoms with Gasteiger partial charge in [-0.25, -0.2) is 4.98 Å². The lowest BCUT2D eigenvalue weighted by Crippen LogP contribution is -2.13. The average molecular weight is 458 g/mol. The van der Waals surface area contributed by atoms with E-state index in [2.05, 4.69) is 33.4 Å². The van der Waals surface area contributed by atoms with Crippen LogP contribution in [0.1, 0.15) is 28.8 Å². The third-order valence-corrected chi connectivity index (χ3v) is 6.30. The summed E-state index contributed by atoms with van der Waals surface area (Å²) in [6.07, 6.45) is 1.67. The molecule has 1 amide bonds. The standard InChI is InChI=1S/C25H23N5O2S/c1-27-16-33-24-21(28-2)9-10-22(30-24)32-20-8-4-7-19(14-20)29-23(31)17-5-3-6-18(13-17)25(15-26)11-12-25/h3-10,13-14,27H,2,11-12,16H2,1H3,(H,29,31). The van der Waals surface area contributed by atoms with Crippen molar-refractivity contribution in [3.05, 3.63) is 71.8 Å². The largest absolute Gasteiger partial charge is 0.439 e. The molecule has 0 saturated heterocycles. The van der Waals surface area contributed by atoms with E-state index in [1.165, 1.54) is 11.8 Å². The summed E-state index contributed by atoms with van der Waals surface area (Å²) in [7, 11) is 1.86. The molecular formula is C25H23N5O2S. The number of hydrogen-bond acceptors (Lipinski definition) is 7. The number of ether oxygens (including phenoxy) is 1. The fourth-order valence-corrected chi connectivity index (χ4v) is 4.07. The number of nitriles is 1. The highest BCUT2D eigenvalue weighted by Gasteiger charge is 2.45. The molecule has 0 unspecified atom stereocenters. The molecule has 0 atom stereocenters. The Morgan fingerprint density at radius 2 is 2.06 bits per heavy atom. The molecule has 2 N–H and O–H groups in total. The number of carbonyl (C=O) groups excluding carboxylic acids is 1. The number of benzene rings is 2. The topological polar surface area (TPSA) is 99.4 Å². The number of carbonyl (C=O) groups is 1. The molecule has 1 aromatic heterocycles. The van der Waals surface area contributed by atoms with Gasteiger partial charge in [-0.1, -0.05) is 30.0 Å². The summed E-state index contributed by atoms with van der Waals surface area (Å²) in [6.45, 7) is 3.58. The summed E-state index contributed by atoms with van der Waals surface area (Å²) in [5.41, 5.74) is 2.26. The number of thioether (sulfide) groups is 1. The van der Waals surface area contributed by atoms with E-state index in [1.54, 1.807) is 48.5 Å². The number of amides is 1. The van der Waals surface area contributed by atoms with Gasteiger partial charge in [-0.15, -0.1) is 0 Å². The van der Waals surface area contributed by atoms with Crippen LogP contribution in [-0.2, 0) is 5.41 Å². The number of pyridine rings is 1. The Morgan fingerprint density at radius 1 is 1.24 bits per heavy atom. The predicted molar refractivity (Wildman–Crippen MR) is 131 cm³/mol. The maximum absolute atomic E-state index is 12.8. The average Bonchev–Trinajstić information content (AvgIpc) is 3.65. The third kappa shape index (κ3) is 5.22. The van der Waals surface area contributed by atoms with Crippen molar-refractivity contribution in [2.45, 2.75) is 23.3 Å². The second-order valence-electron chi connectivity index (χ2n) is 7.63. The molecule has 166 valence electrons. The van der Waals surface area contributed by atoms with Crippen LogP contribution in [-0.4, -0.2) is 30.5 Å². The highest BCUT2D eigenvalue weighted by molar-refractivity contribution is 7.99. The number of hydrogen-bond donors (Lipinski definition) is 2. The van der Waals surface area contributed by atoms with E-state index in [4.69, 9.17) is 4.74 Å². The first-order valence-corrected chi connectivity index (χ1v) is 11.4.